The largest absolute Gasteiger partial charge is 0.355 e. The summed E-state index contributed by atoms with van der Waals surface area (Å²) in [5.74, 6) is -2.67. The van der Waals surface area contributed by atoms with Crippen LogP contribution in [0, 0.1) is 0 Å². The summed E-state index contributed by atoms with van der Waals surface area (Å²) in [7, 11) is 0. The van der Waals surface area contributed by atoms with Crippen LogP contribution >= 0.6 is 0 Å². The number of imide groups is 1. The van der Waals surface area contributed by atoms with E-state index in [2.05, 4.69) is 12.2 Å². The molecule has 0 radical (unpaired) electrons. The van der Waals surface area contributed by atoms with Crippen molar-refractivity contribution >= 4 is 17.7 Å². The third-order valence-electron chi connectivity index (χ3n) is 6.43. The molecule has 35 heavy (non-hydrogen) atoms. The van der Waals surface area contributed by atoms with Gasteiger partial charge in [-0.3, -0.25) is 19.2 Å². The van der Waals surface area contributed by atoms with Gasteiger partial charge in [0.15, 0.2) is 0 Å². The van der Waals surface area contributed by atoms with Crippen molar-refractivity contribution in [1.82, 2.24) is 10.4 Å². The molecule has 1 N–H and O–H groups in total. The molecule has 1 aliphatic heterocycles. The summed E-state index contributed by atoms with van der Waals surface area (Å²) in [6, 6.07) is 16.1. The van der Waals surface area contributed by atoms with Crippen LogP contribution in [0.1, 0.15) is 98.5 Å². The average molecular weight is 479 g/mol. The van der Waals surface area contributed by atoms with E-state index in [4.69, 9.17) is 4.84 Å². The Morgan fingerprint density at radius 1 is 0.829 bits per heavy atom. The third-order valence-corrected chi connectivity index (χ3v) is 6.43. The summed E-state index contributed by atoms with van der Waals surface area (Å²) in [6.07, 6.45) is 12.2. The number of benzene rings is 2. The zero-order valence-electron chi connectivity index (χ0n) is 20.8. The smallest absolute Gasteiger partial charge is 0.285 e. The summed E-state index contributed by atoms with van der Waals surface area (Å²) < 4.78 is 0. The average Bonchev–Trinajstić information content (AvgIpc) is 2.88. The van der Waals surface area contributed by atoms with Gasteiger partial charge in [0.05, 0.1) is 0 Å². The second-order valence-electron chi connectivity index (χ2n) is 9.19. The highest BCUT2D eigenvalue weighted by molar-refractivity contribution is 6.18. The maximum atomic E-state index is 13.2. The van der Waals surface area contributed by atoms with E-state index in [1.54, 1.807) is 24.3 Å². The summed E-state index contributed by atoms with van der Waals surface area (Å²) >= 11 is 0. The van der Waals surface area contributed by atoms with E-state index in [0.29, 0.717) is 17.7 Å². The fourth-order valence-corrected chi connectivity index (χ4v) is 4.42. The van der Waals surface area contributed by atoms with Gasteiger partial charge in [-0.25, -0.2) is 0 Å². The van der Waals surface area contributed by atoms with E-state index < -0.39 is 17.7 Å². The highest BCUT2D eigenvalue weighted by Gasteiger charge is 2.43. The Kier molecular flexibility index (Phi) is 11.0. The second-order valence-corrected chi connectivity index (χ2v) is 9.19. The second kappa shape index (κ2) is 14.4. The van der Waals surface area contributed by atoms with Crippen molar-refractivity contribution in [2.75, 3.05) is 6.54 Å². The zero-order chi connectivity index (χ0) is 24.9. The van der Waals surface area contributed by atoms with Gasteiger partial charge in [-0.2, -0.15) is 0 Å². The molecular weight excluding hydrogens is 440 g/mol. The van der Waals surface area contributed by atoms with Gasteiger partial charge in [-0.1, -0.05) is 113 Å². The summed E-state index contributed by atoms with van der Waals surface area (Å²) in [6.45, 7) is 2.81. The zero-order valence-corrected chi connectivity index (χ0v) is 20.8. The molecule has 1 heterocycles. The van der Waals surface area contributed by atoms with Crippen LogP contribution in [-0.4, -0.2) is 29.3 Å². The first-order valence-electron chi connectivity index (χ1n) is 13.0. The van der Waals surface area contributed by atoms with Crippen LogP contribution in [-0.2, 0) is 21.0 Å². The maximum Gasteiger partial charge on any atom is 0.285 e. The number of carbonyl (C=O) groups excluding carboxylic acids is 3. The lowest BCUT2D eigenvalue weighted by Crippen LogP contribution is -2.49. The Labute approximate surface area is 209 Å². The normalized spacial score (nSPS) is 15.2. The molecule has 1 aliphatic rings. The summed E-state index contributed by atoms with van der Waals surface area (Å²) in [5, 5.41) is 3.65. The fraction of sp³-hybridized carbons (Fsp3) is 0.483. The number of amides is 3. The van der Waals surface area contributed by atoms with E-state index in [1.165, 1.54) is 44.9 Å². The lowest BCUT2D eigenvalue weighted by molar-refractivity contribution is -0.177. The molecule has 1 atom stereocenters. The summed E-state index contributed by atoms with van der Waals surface area (Å²) in [5.41, 5.74) is 1.58. The number of nitrogens with one attached hydrogen (secondary N) is 1. The van der Waals surface area contributed by atoms with E-state index in [9.17, 15) is 14.4 Å². The molecule has 3 rings (SSSR count). The predicted molar refractivity (Wildman–Crippen MR) is 136 cm³/mol. The van der Waals surface area contributed by atoms with Crippen LogP contribution in [0.2, 0.25) is 0 Å². The van der Waals surface area contributed by atoms with Gasteiger partial charge in [-0.15, -0.1) is 5.06 Å². The van der Waals surface area contributed by atoms with Crippen LogP contribution in [0.4, 0.5) is 0 Å². The molecule has 0 spiro atoms. The number of hydroxylamine groups is 2. The number of unbranched alkanes of at least 4 members (excludes halogenated alkanes) is 9. The lowest BCUT2D eigenvalue weighted by atomic mass is 9.88. The predicted octanol–water partition coefficient (Wildman–Crippen LogP) is 5.92. The Bertz CT molecular complexity index is 960. The van der Waals surface area contributed by atoms with Gasteiger partial charge in [0.2, 0.25) is 5.91 Å². The maximum absolute atomic E-state index is 13.2. The molecule has 0 saturated heterocycles. The van der Waals surface area contributed by atoms with Crippen molar-refractivity contribution in [3.05, 3.63) is 71.3 Å². The van der Waals surface area contributed by atoms with Crippen molar-refractivity contribution in [3.63, 3.8) is 0 Å². The van der Waals surface area contributed by atoms with Crippen molar-refractivity contribution in [1.29, 1.82) is 0 Å². The molecule has 6 heteroatoms. The Morgan fingerprint density at radius 3 is 2.11 bits per heavy atom. The van der Waals surface area contributed by atoms with Crippen LogP contribution in [0.3, 0.4) is 0 Å². The molecule has 3 amide bonds. The molecule has 6 nitrogen and oxygen atoms in total. The monoisotopic (exact) mass is 478 g/mol. The van der Waals surface area contributed by atoms with E-state index in [-0.39, 0.29) is 12.5 Å². The number of hydrogen-bond acceptors (Lipinski definition) is 4. The molecule has 2 aromatic rings. The first kappa shape index (κ1) is 26.6. The number of fused-ring (bicyclic) bond motifs is 1. The fourth-order valence-electron chi connectivity index (χ4n) is 4.42. The molecular formula is C29H38N2O4. The van der Waals surface area contributed by atoms with Crippen LogP contribution in [0.15, 0.2) is 54.6 Å². The lowest BCUT2D eigenvalue weighted by Gasteiger charge is -2.30. The number of hydrogen-bond donors (Lipinski definition) is 1. The molecule has 0 saturated carbocycles. The van der Waals surface area contributed by atoms with Gasteiger partial charge in [0, 0.05) is 12.1 Å². The Morgan fingerprint density at radius 2 is 1.43 bits per heavy atom. The minimum absolute atomic E-state index is 0.0629. The van der Waals surface area contributed by atoms with E-state index in [0.717, 1.165) is 29.9 Å². The van der Waals surface area contributed by atoms with Crippen LogP contribution in [0.25, 0.3) is 0 Å². The van der Waals surface area contributed by atoms with E-state index in [1.807, 2.05) is 30.3 Å². The summed E-state index contributed by atoms with van der Waals surface area (Å²) in [4.78, 5) is 44.7. The SMILES string of the molecule is CCCCCCCCCCCCNC(=O)C1C(=O)N(OCc2ccccc2)C(=O)c2ccccc21. The van der Waals surface area contributed by atoms with E-state index >= 15 is 0 Å². The van der Waals surface area contributed by atoms with Crippen LogP contribution in [0.5, 0.6) is 0 Å². The number of carbonyl (C=O) groups is 3. The topological polar surface area (TPSA) is 75.7 Å². The van der Waals surface area contributed by atoms with Gasteiger partial charge in [-0.05, 0) is 23.6 Å². The molecule has 1 unspecified atom stereocenters. The minimum atomic E-state index is -1.09. The van der Waals surface area contributed by atoms with Gasteiger partial charge >= 0.3 is 0 Å². The van der Waals surface area contributed by atoms with Gasteiger partial charge in [0.25, 0.3) is 11.8 Å². The van der Waals surface area contributed by atoms with Crippen molar-refractivity contribution in [2.24, 2.45) is 0 Å². The first-order chi connectivity index (χ1) is 17.1. The molecule has 0 bridgehead atoms. The molecule has 0 aromatic heterocycles. The van der Waals surface area contributed by atoms with Crippen molar-refractivity contribution < 1.29 is 19.2 Å². The Balaban J connectivity index is 1.49. The minimum Gasteiger partial charge on any atom is -0.355 e. The molecule has 0 aliphatic carbocycles. The molecule has 188 valence electrons. The number of nitrogens with zero attached hydrogens (tertiary/aromatic N) is 1. The van der Waals surface area contributed by atoms with Gasteiger partial charge < -0.3 is 5.32 Å². The molecule has 0 fully saturated rings. The Hall–Kier alpha value is -2.99. The quantitative estimate of drug-likeness (QED) is 0.196. The third kappa shape index (κ3) is 7.76. The van der Waals surface area contributed by atoms with Crippen molar-refractivity contribution in [3.8, 4) is 0 Å². The van der Waals surface area contributed by atoms with Gasteiger partial charge in [0.1, 0.15) is 12.5 Å². The highest BCUT2D eigenvalue weighted by atomic mass is 16.7. The molecule has 2 aromatic carbocycles. The highest BCUT2D eigenvalue weighted by Crippen LogP contribution is 2.30. The van der Waals surface area contributed by atoms with Crippen molar-refractivity contribution in [2.45, 2.75) is 83.7 Å². The van der Waals surface area contributed by atoms with Crippen LogP contribution < -0.4 is 5.32 Å². The number of rotatable bonds is 15. The first-order valence-corrected chi connectivity index (χ1v) is 13.0. The standard InChI is InChI=1S/C29H38N2O4/c1-2-3-4-5-6-7-8-9-10-16-21-30-27(32)26-24-19-14-15-20-25(24)28(33)31(29(26)34)35-22-23-17-12-11-13-18-23/h11-15,17-20,26H,2-10,16,21-22H2,1H3,(H,30,32).